The van der Waals surface area contributed by atoms with Gasteiger partial charge in [0, 0.05) is 31.5 Å². The minimum absolute atomic E-state index is 0.0128. The number of amides is 2. The second-order valence-electron chi connectivity index (χ2n) is 11.3. The lowest BCUT2D eigenvalue weighted by Gasteiger charge is -2.38. The van der Waals surface area contributed by atoms with Crippen molar-refractivity contribution in [1.82, 2.24) is 9.80 Å². The van der Waals surface area contributed by atoms with Gasteiger partial charge in [-0.15, -0.1) is 0 Å². The van der Waals surface area contributed by atoms with Crippen LogP contribution in [0, 0.1) is 11.8 Å². The smallest absolute Gasteiger partial charge is 0.258 e. The Labute approximate surface area is 236 Å². The van der Waals surface area contributed by atoms with Crippen molar-refractivity contribution in [3.8, 4) is 16.9 Å². The van der Waals surface area contributed by atoms with Crippen LogP contribution in [0.2, 0.25) is 0 Å². The van der Waals surface area contributed by atoms with E-state index in [1.165, 1.54) is 16.7 Å². The predicted molar refractivity (Wildman–Crippen MR) is 157 cm³/mol. The van der Waals surface area contributed by atoms with Gasteiger partial charge in [0.25, 0.3) is 5.91 Å². The number of benzene rings is 3. The summed E-state index contributed by atoms with van der Waals surface area (Å²) in [5.74, 6) is 0.194. The Kier molecular flexibility index (Phi) is 8.52. The Morgan fingerprint density at radius 1 is 1.05 bits per heavy atom. The fourth-order valence-electron chi connectivity index (χ4n) is 5.26. The van der Waals surface area contributed by atoms with Crippen LogP contribution in [0.4, 0.5) is 5.69 Å². The van der Waals surface area contributed by atoms with Gasteiger partial charge in [-0.2, -0.15) is 0 Å². The highest BCUT2D eigenvalue weighted by Gasteiger charge is 2.36. The summed E-state index contributed by atoms with van der Waals surface area (Å²) in [4.78, 5) is 30.2. The third-order valence-electron chi connectivity index (χ3n) is 7.90. The van der Waals surface area contributed by atoms with Gasteiger partial charge in [0.15, 0.2) is 5.75 Å². The molecular weight excluding hydrogens is 502 g/mol. The fraction of sp³-hybridized carbons (Fsp3) is 0.394. The average Bonchev–Trinajstić information content (AvgIpc) is 3.82. The van der Waals surface area contributed by atoms with Gasteiger partial charge in [-0.05, 0) is 55.6 Å². The summed E-state index contributed by atoms with van der Waals surface area (Å²) >= 11 is 0. The predicted octanol–water partition coefficient (Wildman–Crippen LogP) is 5.05. The van der Waals surface area contributed by atoms with E-state index < -0.39 is 0 Å². The molecule has 40 heavy (non-hydrogen) atoms. The number of nitrogens with zero attached hydrogens (tertiary/aromatic N) is 2. The van der Waals surface area contributed by atoms with Crippen LogP contribution in [-0.4, -0.2) is 65.6 Å². The molecule has 7 heteroatoms. The van der Waals surface area contributed by atoms with Crippen molar-refractivity contribution < 1.29 is 19.4 Å². The lowest BCUT2D eigenvalue weighted by Crippen LogP contribution is -2.49. The maximum absolute atomic E-state index is 13.6. The lowest BCUT2D eigenvalue weighted by atomic mass is 9.98. The number of aliphatic hydroxyl groups excluding tert-OH is 1. The second-order valence-corrected chi connectivity index (χ2v) is 11.3. The first-order valence-corrected chi connectivity index (χ1v) is 14.2. The Morgan fingerprint density at radius 2 is 1.75 bits per heavy atom. The molecule has 1 saturated carbocycles. The Balaban J connectivity index is 1.37. The molecule has 1 aliphatic heterocycles. The van der Waals surface area contributed by atoms with Gasteiger partial charge in [0.05, 0.1) is 23.9 Å². The monoisotopic (exact) mass is 541 g/mol. The first-order chi connectivity index (χ1) is 19.3. The van der Waals surface area contributed by atoms with Gasteiger partial charge in [-0.3, -0.25) is 14.5 Å². The standard InChI is InChI=1S/C33H39N3O4/c1-22-18-36(23(2)21-37)33(39)28-10-7-11-29(34-32(38)27-16-17-27)31(28)40-30(22)20-35(3)19-24-12-14-26(15-13-24)25-8-5-4-6-9-25/h4-15,22-23,27,30,37H,16-21H2,1-3H3,(H,34,38)/t22-,23+,30+/m1/s1. The summed E-state index contributed by atoms with van der Waals surface area (Å²) < 4.78 is 6.63. The Hall–Kier alpha value is -3.68. The fourth-order valence-corrected chi connectivity index (χ4v) is 5.26. The average molecular weight is 542 g/mol. The molecule has 3 aromatic rings. The van der Waals surface area contributed by atoms with E-state index in [1.54, 1.807) is 23.1 Å². The number of nitrogens with one attached hydrogen (secondary N) is 1. The number of hydrogen-bond donors (Lipinski definition) is 2. The summed E-state index contributed by atoms with van der Waals surface area (Å²) in [6, 6.07) is 23.9. The minimum atomic E-state index is -0.341. The zero-order chi connectivity index (χ0) is 28.2. The van der Waals surface area contributed by atoms with Gasteiger partial charge in [0.2, 0.25) is 5.91 Å². The molecule has 1 fully saturated rings. The number of likely N-dealkylation sites (N-methyl/N-ethyl adjacent to an activating group) is 1. The number of anilines is 1. The Morgan fingerprint density at radius 3 is 2.42 bits per heavy atom. The third kappa shape index (κ3) is 6.37. The van der Waals surface area contributed by atoms with E-state index in [-0.39, 0.29) is 42.4 Å². The van der Waals surface area contributed by atoms with Crippen LogP contribution in [0.1, 0.15) is 42.6 Å². The summed E-state index contributed by atoms with van der Waals surface area (Å²) in [6.45, 7) is 5.63. The number of hydrogen-bond acceptors (Lipinski definition) is 5. The topological polar surface area (TPSA) is 82.1 Å². The molecule has 0 aromatic heterocycles. The van der Waals surface area contributed by atoms with E-state index >= 15 is 0 Å². The minimum Gasteiger partial charge on any atom is -0.486 e. The van der Waals surface area contributed by atoms with Crippen LogP contribution in [0.5, 0.6) is 5.75 Å². The molecule has 210 valence electrons. The Bertz CT molecular complexity index is 1320. The number of carbonyl (C=O) groups is 2. The first kappa shape index (κ1) is 27.9. The zero-order valence-corrected chi connectivity index (χ0v) is 23.5. The van der Waals surface area contributed by atoms with Gasteiger partial charge < -0.3 is 20.1 Å². The quantitative estimate of drug-likeness (QED) is 0.396. The van der Waals surface area contributed by atoms with Gasteiger partial charge in [-0.1, -0.05) is 67.6 Å². The highest BCUT2D eigenvalue weighted by molar-refractivity contribution is 6.02. The molecule has 0 radical (unpaired) electrons. The SMILES string of the molecule is C[C@@H]1CN([C@@H](C)CO)C(=O)c2cccc(NC(=O)C3CC3)c2O[C@H]1CN(C)Cc1ccc(-c2ccccc2)cc1. The van der Waals surface area contributed by atoms with Crippen LogP contribution in [0.15, 0.2) is 72.8 Å². The maximum Gasteiger partial charge on any atom is 0.258 e. The molecule has 1 heterocycles. The van der Waals surface area contributed by atoms with E-state index in [0.717, 1.165) is 19.4 Å². The van der Waals surface area contributed by atoms with Crippen molar-refractivity contribution in [3.63, 3.8) is 0 Å². The second kappa shape index (κ2) is 12.2. The summed E-state index contributed by atoms with van der Waals surface area (Å²) in [7, 11) is 2.07. The molecule has 0 saturated heterocycles. The van der Waals surface area contributed by atoms with E-state index in [0.29, 0.717) is 30.1 Å². The number of rotatable bonds is 9. The molecular formula is C33H39N3O4. The van der Waals surface area contributed by atoms with Crippen molar-refractivity contribution in [2.75, 3.05) is 32.1 Å². The molecule has 0 unspecified atom stereocenters. The molecule has 2 N–H and O–H groups in total. The highest BCUT2D eigenvalue weighted by Crippen LogP contribution is 2.37. The summed E-state index contributed by atoms with van der Waals surface area (Å²) in [5.41, 5.74) is 4.51. The van der Waals surface area contributed by atoms with Crippen molar-refractivity contribution in [2.45, 2.75) is 45.4 Å². The molecule has 5 rings (SSSR count). The molecule has 3 aromatic carbocycles. The zero-order valence-electron chi connectivity index (χ0n) is 23.5. The number of aliphatic hydroxyl groups is 1. The number of ether oxygens (including phenoxy) is 1. The largest absolute Gasteiger partial charge is 0.486 e. The third-order valence-corrected chi connectivity index (χ3v) is 7.90. The van der Waals surface area contributed by atoms with Crippen LogP contribution < -0.4 is 10.1 Å². The molecule has 0 spiro atoms. The van der Waals surface area contributed by atoms with E-state index in [4.69, 9.17) is 4.74 Å². The highest BCUT2D eigenvalue weighted by atomic mass is 16.5. The van der Waals surface area contributed by atoms with Crippen molar-refractivity contribution >= 4 is 17.5 Å². The van der Waals surface area contributed by atoms with Gasteiger partial charge in [0.1, 0.15) is 6.10 Å². The van der Waals surface area contributed by atoms with Crippen molar-refractivity contribution in [2.24, 2.45) is 11.8 Å². The lowest BCUT2D eigenvalue weighted by molar-refractivity contribution is -0.117. The van der Waals surface area contributed by atoms with Crippen LogP contribution in [0.3, 0.4) is 0 Å². The van der Waals surface area contributed by atoms with Gasteiger partial charge in [-0.25, -0.2) is 0 Å². The van der Waals surface area contributed by atoms with Crippen LogP contribution in [-0.2, 0) is 11.3 Å². The van der Waals surface area contributed by atoms with Crippen molar-refractivity contribution in [3.05, 3.63) is 83.9 Å². The molecule has 2 amide bonds. The number of fused-ring (bicyclic) bond motifs is 1. The molecule has 0 bridgehead atoms. The van der Waals surface area contributed by atoms with Crippen molar-refractivity contribution in [1.29, 1.82) is 0 Å². The summed E-state index contributed by atoms with van der Waals surface area (Å²) in [6.07, 6.45) is 1.53. The normalized spacial score (nSPS) is 19.8. The number of para-hydroxylation sites is 1. The summed E-state index contributed by atoms with van der Waals surface area (Å²) in [5, 5.41) is 12.9. The first-order valence-electron chi connectivity index (χ1n) is 14.2. The molecule has 3 atom stereocenters. The van der Waals surface area contributed by atoms with E-state index in [1.807, 2.05) is 25.1 Å². The van der Waals surface area contributed by atoms with Crippen LogP contribution >= 0.6 is 0 Å². The van der Waals surface area contributed by atoms with Crippen LogP contribution in [0.25, 0.3) is 11.1 Å². The number of carbonyl (C=O) groups excluding carboxylic acids is 2. The van der Waals surface area contributed by atoms with Gasteiger partial charge >= 0.3 is 0 Å². The van der Waals surface area contributed by atoms with E-state index in [2.05, 4.69) is 60.6 Å². The molecule has 2 aliphatic rings. The van der Waals surface area contributed by atoms with E-state index in [9.17, 15) is 14.7 Å². The maximum atomic E-state index is 13.6. The molecule has 1 aliphatic carbocycles. The molecule has 7 nitrogen and oxygen atoms in total.